The van der Waals surface area contributed by atoms with Crippen molar-refractivity contribution < 1.29 is 67.3 Å². The maximum Gasteiger partial charge on any atom is 1.00 e. The van der Waals surface area contributed by atoms with Crippen LogP contribution in [-0.4, -0.2) is 55.8 Å². The average Bonchev–Trinajstić information content (AvgIpc) is 2.89. The number of hydrogen-bond acceptors (Lipinski definition) is 8. The van der Waals surface area contributed by atoms with E-state index in [9.17, 15) is 28.2 Å². The summed E-state index contributed by atoms with van der Waals surface area (Å²) in [4.78, 5) is 24.9. The van der Waals surface area contributed by atoms with Crippen molar-refractivity contribution in [1.29, 1.82) is 0 Å². The van der Waals surface area contributed by atoms with Crippen molar-refractivity contribution >= 4 is 33.5 Å². The van der Waals surface area contributed by atoms with Gasteiger partial charge in [-0.3, -0.25) is 0 Å². The van der Waals surface area contributed by atoms with Crippen molar-refractivity contribution in [1.82, 2.24) is 4.90 Å². The Bertz CT molecular complexity index is 1420. The first-order valence-corrected chi connectivity index (χ1v) is 14.3. The van der Waals surface area contributed by atoms with Crippen molar-refractivity contribution in [3.63, 3.8) is 0 Å². The van der Waals surface area contributed by atoms with Crippen LogP contribution in [0.2, 0.25) is 5.02 Å². The zero-order chi connectivity index (χ0) is 29.5. The number of nitrogens with zero attached hydrogens (tertiary/aromatic N) is 1. The molecule has 3 aromatic carbocycles. The number of carbonyl (C=O) groups is 2. The number of benzene rings is 3. The zero-order valence-electron chi connectivity index (χ0n) is 23.4. The van der Waals surface area contributed by atoms with Gasteiger partial charge in [0.05, 0.1) is 28.4 Å². The summed E-state index contributed by atoms with van der Waals surface area (Å²) in [5, 5.41) is 21.7. The molecule has 9 nitrogen and oxygen atoms in total. The van der Waals surface area contributed by atoms with Gasteiger partial charge in [-0.15, -0.1) is 0 Å². The minimum atomic E-state index is -3.83. The summed E-state index contributed by atoms with van der Waals surface area (Å²) in [6.45, 7) is 4.81. The number of carboxylic acids is 1. The first-order valence-electron chi connectivity index (χ1n) is 12.4. The molecule has 0 fully saturated rings. The molecule has 0 heterocycles. The van der Waals surface area contributed by atoms with E-state index in [1.165, 1.54) is 41.3 Å². The third-order valence-corrected chi connectivity index (χ3v) is 7.69. The summed E-state index contributed by atoms with van der Waals surface area (Å²) in [6, 6.07) is 18.4. The van der Waals surface area contributed by atoms with Gasteiger partial charge >= 0.3 is 35.7 Å². The number of aliphatic hydroxyl groups is 1. The molecular weight excluding hydrogens is 581 g/mol. The van der Waals surface area contributed by atoms with E-state index in [1.54, 1.807) is 57.2 Å². The van der Waals surface area contributed by atoms with Gasteiger partial charge in [0.25, 0.3) is 0 Å². The molecule has 0 spiro atoms. The number of sulfone groups is 1. The third-order valence-electron chi connectivity index (χ3n) is 5.67. The van der Waals surface area contributed by atoms with E-state index >= 15 is 0 Å². The number of amides is 1. The number of aliphatic hydroxyl groups excluding tert-OH is 1. The SMILES string of the molecule is CC(C)(C)OC(=O)N(CCc1ccc(S(=O)(=O)c2ccc(OCC(=O)[O-])cc2)cc1)C[C@H](O)c1cccc(Cl)c1.[Na+]. The first kappa shape index (κ1) is 34.6. The van der Waals surface area contributed by atoms with Crippen molar-refractivity contribution in [2.45, 2.75) is 48.7 Å². The van der Waals surface area contributed by atoms with Crippen molar-refractivity contribution in [2.24, 2.45) is 0 Å². The van der Waals surface area contributed by atoms with Gasteiger partial charge in [-0.25, -0.2) is 13.2 Å². The second kappa shape index (κ2) is 15.0. The molecular formula is C29H31ClNNaO8S. The molecule has 0 saturated carbocycles. The summed E-state index contributed by atoms with van der Waals surface area (Å²) in [7, 11) is -3.83. The van der Waals surface area contributed by atoms with Crippen molar-refractivity contribution in [3.05, 3.63) is 88.9 Å². The number of rotatable bonds is 11. The molecule has 0 radical (unpaired) electrons. The van der Waals surface area contributed by atoms with Gasteiger partial charge in [-0.05, 0) is 86.8 Å². The van der Waals surface area contributed by atoms with Crippen LogP contribution in [0.1, 0.15) is 38.0 Å². The normalized spacial score (nSPS) is 12.1. The standard InChI is InChI=1S/C29H32ClNO8S.Na/c1-29(2,3)39-28(35)31(18-26(32)21-5-4-6-22(30)17-21)16-15-20-7-11-24(12-8-20)40(36,37)25-13-9-23(10-14-25)38-19-27(33)34;/h4-14,17,26,32H,15-16,18-19H2,1-3H3,(H,33,34);/q;+1/p-1/t26-;/m0./s1. The van der Waals surface area contributed by atoms with E-state index in [1.807, 2.05) is 0 Å². The largest absolute Gasteiger partial charge is 1.00 e. The Kier molecular flexibility index (Phi) is 12.7. The Morgan fingerprint density at radius 3 is 2.12 bits per heavy atom. The van der Waals surface area contributed by atoms with Crippen molar-refractivity contribution in [3.8, 4) is 5.75 Å². The molecule has 1 atom stereocenters. The predicted molar refractivity (Wildman–Crippen MR) is 147 cm³/mol. The fourth-order valence-corrected chi connectivity index (χ4v) is 5.16. The van der Waals surface area contributed by atoms with E-state index in [2.05, 4.69) is 0 Å². The third kappa shape index (κ3) is 10.6. The van der Waals surface area contributed by atoms with Crippen LogP contribution in [-0.2, 0) is 25.8 Å². The maximum atomic E-state index is 13.0. The van der Waals surface area contributed by atoms with Gasteiger partial charge < -0.3 is 29.4 Å². The average molecular weight is 612 g/mol. The minimum absolute atomic E-state index is 0. The van der Waals surface area contributed by atoms with Crippen LogP contribution >= 0.6 is 11.6 Å². The summed E-state index contributed by atoms with van der Waals surface area (Å²) in [5.74, 6) is -1.18. The molecule has 1 amide bonds. The maximum absolute atomic E-state index is 13.0. The monoisotopic (exact) mass is 611 g/mol. The molecule has 1 N–H and O–H groups in total. The number of carbonyl (C=O) groups excluding carboxylic acids is 2. The second-order valence-corrected chi connectivity index (χ2v) is 12.4. The van der Waals surface area contributed by atoms with Crippen LogP contribution in [0, 0.1) is 0 Å². The van der Waals surface area contributed by atoms with Crippen LogP contribution in [0.15, 0.2) is 82.6 Å². The number of carboxylic acid groups (broad SMARTS) is 1. The van der Waals surface area contributed by atoms with Gasteiger partial charge in [0, 0.05) is 11.6 Å². The van der Waals surface area contributed by atoms with Gasteiger partial charge in [0.2, 0.25) is 9.84 Å². The predicted octanol–water partition coefficient (Wildman–Crippen LogP) is 0.819. The van der Waals surface area contributed by atoms with Gasteiger partial charge in [-0.2, -0.15) is 0 Å². The number of aliphatic carboxylic acids is 1. The summed E-state index contributed by atoms with van der Waals surface area (Å²) < 4.78 is 36.6. The number of hydrogen-bond donors (Lipinski definition) is 1. The molecule has 41 heavy (non-hydrogen) atoms. The van der Waals surface area contributed by atoms with E-state index in [0.29, 0.717) is 17.0 Å². The van der Waals surface area contributed by atoms with E-state index in [0.717, 1.165) is 5.56 Å². The molecule has 0 unspecified atom stereocenters. The summed E-state index contributed by atoms with van der Waals surface area (Å²) in [5.41, 5.74) is 0.606. The summed E-state index contributed by atoms with van der Waals surface area (Å²) in [6.07, 6.45) is -1.19. The van der Waals surface area contributed by atoms with E-state index in [-0.39, 0.29) is 58.2 Å². The summed E-state index contributed by atoms with van der Waals surface area (Å²) >= 11 is 6.04. The number of ether oxygens (including phenoxy) is 2. The first-order chi connectivity index (χ1) is 18.7. The number of halogens is 1. The van der Waals surface area contributed by atoms with Crippen LogP contribution in [0.5, 0.6) is 5.75 Å². The molecule has 0 aliphatic heterocycles. The van der Waals surface area contributed by atoms with Crippen LogP contribution in [0.4, 0.5) is 4.79 Å². The fraction of sp³-hybridized carbons (Fsp3) is 0.310. The topological polar surface area (TPSA) is 133 Å². The molecule has 0 aliphatic rings. The fourth-order valence-electron chi connectivity index (χ4n) is 3.70. The van der Waals surface area contributed by atoms with Crippen LogP contribution < -0.4 is 39.4 Å². The Hall–Kier alpha value is -2.60. The molecule has 0 aromatic heterocycles. The minimum Gasteiger partial charge on any atom is -0.546 e. The Labute approximate surface area is 267 Å². The van der Waals surface area contributed by atoms with Gasteiger partial charge in [0.1, 0.15) is 18.0 Å². The Morgan fingerprint density at radius 1 is 1.00 bits per heavy atom. The molecule has 0 saturated heterocycles. The van der Waals surface area contributed by atoms with E-state index in [4.69, 9.17) is 21.1 Å². The Balaban J connectivity index is 0.00000588. The molecule has 3 aromatic rings. The van der Waals surface area contributed by atoms with E-state index < -0.39 is 40.2 Å². The van der Waals surface area contributed by atoms with Crippen LogP contribution in [0.25, 0.3) is 0 Å². The molecule has 0 aliphatic carbocycles. The van der Waals surface area contributed by atoms with Crippen molar-refractivity contribution in [2.75, 3.05) is 19.7 Å². The van der Waals surface area contributed by atoms with Crippen LogP contribution in [0.3, 0.4) is 0 Å². The zero-order valence-corrected chi connectivity index (χ0v) is 26.9. The molecule has 12 heteroatoms. The molecule has 3 rings (SSSR count). The second-order valence-electron chi connectivity index (χ2n) is 10.0. The molecule has 214 valence electrons. The quantitative estimate of drug-likeness (QED) is 0.315. The Morgan fingerprint density at radius 2 is 1.59 bits per heavy atom. The smallest absolute Gasteiger partial charge is 0.546 e. The molecule has 0 bridgehead atoms. The van der Waals surface area contributed by atoms with Gasteiger partial charge in [0.15, 0.2) is 0 Å². The van der Waals surface area contributed by atoms with Gasteiger partial charge in [-0.1, -0.05) is 35.9 Å².